The molecule has 0 spiro atoms. The van der Waals surface area contributed by atoms with Gasteiger partial charge in [0.05, 0.1) is 12.2 Å². The zero-order chi connectivity index (χ0) is 10.0. The Balaban J connectivity index is 3.05. The van der Waals surface area contributed by atoms with E-state index in [4.69, 9.17) is 0 Å². The van der Waals surface area contributed by atoms with Gasteiger partial charge in [0.25, 0.3) is 0 Å². The first kappa shape index (κ1) is 10.5. The van der Waals surface area contributed by atoms with Crippen LogP contribution in [-0.4, -0.2) is 16.8 Å². The van der Waals surface area contributed by atoms with Crippen molar-refractivity contribution in [3.05, 3.63) is 28.5 Å². The predicted octanol–water partition coefficient (Wildman–Crippen LogP) is 2.02. The topological polar surface area (TPSA) is 29.9 Å². The lowest BCUT2D eigenvalue weighted by Gasteiger charge is -2.14. The Morgan fingerprint density at radius 3 is 2.69 bits per heavy atom. The summed E-state index contributed by atoms with van der Waals surface area (Å²) in [4.78, 5) is 0. The maximum absolute atomic E-state index is 4.16. The highest BCUT2D eigenvalue weighted by atomic mass is 79.9. The van der Waals surface area contributed by atoms with E-state index >= 15 is 0 Å². The van der Waals surface area contributed by atoms with E-state index < -0.39 is 0 Å². The van der Waals surface area contributed by atoms with Gasteiger partial charge < -0.3 is 5.32 Å². The van der Waals surface area contributed by atoms with Gasteiger partial charge in [0.15, 0.2) is 0 Å². The average molecular weight is 244 g/mol. The number of aromatic nitrogens is 2. The zero-order valence-electron chi connectivity index (χ0n) is 8.13. The smallest absolute Gasteiger partial charge is 0.108 e. The maximum Gasteiger partial charge on any atom is 0.108 e. The lowest BCUT2D eigenvalue weighted by Crippen LogP contribution is -2.17. The molecule has 1 rings (SSSR count). The fourth-order valence-corrected chi connectivity index (χ4v) is 1.72. The molecule has 0 fully saturated rings. The molecule has 72 valence electrons. The van der Waals surface area contributed by atoms with Crippen LogP contribution >= 0.6 is 15.9 Å². The summed E-state index contributed by atoms with van der Waals surface area (Å²) in [5, 5.41) is 7.35. The second-order valence-corrected chi connectivity index (χ2v) is 3.83. The minimum absolute atomic E-state index is 0.170. The fourth-order valence-electron chi connectivity index (χ4n) is 1.30. The molecule has 0 amide bonds. The number of rotatable bonds is 3. The second-order valence-electron chi connectivity index (χ2n) is 3.08. The van der Waals surface area contributed by atoms with Gasteiger partial charge in [-0.2, -0.15) is 5.10 Å². The highest BCUT2D eigenvalue weighted by Gasteiger charge is 2.15. The minimum atomic E-state index is 0.170. The first-order valence-electron chi connectivity index (χ1n) is 4.08. The van der Waals surface area contributed by atoms with Gasteiger partial charge in [0, 0.05) is 12.6 Å². The first-order valence-corrected chi connectivity index (χ1v) is 4.87. The van der Waals surface area contributed by atoms with E-state index in [0.717, 1.165) is 15.7 Å². The Bertz CT molecular complexity index is 317. The summed E-state index contributed by atoms with van der Waals surface area (Å²) in [6.07, 6.45) is 1.85. The molecular weight excluding hydrogens is 230 g/mol. The van der Waals surface area contributed by atoms with Gasteiger partial charge in [0.2, 0.25) is 0 Å². The molecule has 4 heteroatoms. The van der Waals surface area contributed by atoms with Crippen molar-refractivity contribution >= 4 is 15.9 Å². The largest absolute Gasteiger partial charge is 0.309 e. The van der Waals surface area contributed by atoms with Gasteiger partial charge in [0.1, 0.15) is 4.60 Å². The summed E-state index contributed by atoms with van der Waals surface area (Å²) in [7, 11) is 3.82. The summed E-state index contributed by atoms with van der Waals surface area (Å²) in [6.45, 7) is 5.93. The third kappa shape index (κ3) is 2.00. The molecule has 0 aliphatic carbocycles. The molecule has 0 aliphatic rings. The molecule has 1 heterocycles. The molecule has 0 saturated heterocycles. The number of hydrogen-bond acceptors (Lipinski definition) is 2. The Morgan fingerprint density at radius 2 is 2.38 bits per heavy atom. The van der Waals surface area contributed by atoms with Crippen LogP contribution in [0.2, 0.25) is 0 Å². The van der Waals surface area contributed by atoms with Crippen molar-refractivity contribution in [2.45, 2.75) is 13.0 Å². The van der Waals surface area contributed by atoms with E-state index in [2.05, 4.69) is 32.9 Å². The second kappa shape index (κ2) is 4.07. The molecule has 0 saturated carbocycles. The van der Waals surface area contributed by atoms with Crippen LogP contribution < -0.4 is 5.32 Å². The Hall–Kier alpha value is -0.610. The molecule has 13 heavy (non-hydrogen) atoms. The third-order valence-electron chi connectivity index (χ3n) is 1.98. The van der Waals surface area contributed by atoms with Crippen LogP contribution in [0.3, 0.4) is 0 Å². The predicted molar refractivity (Wildman–Crippen MR) is 57.5 cm³/mol. The van der Waals surface area contributed by atoms with Crippen LogP contribution in [0.25, 0.3) is 0 Å². The Morgan fingerprint density at radius 1 is 1.77 bits per heavy atom. The molecular formula is C9H14BrN3. The molecule has 3 nitrogen and oxygen atoms in total. The van der Waals surface area contributed by atoms with Gasteiger partial charge in [-0.3, -0.25) is 4.68 Å². The summed E-state index contributed by atoms with van der Waals surface area (Å²) in [6, 6.07) is 0.170. The maximum atomic E-state index is 4.16. The molecule has 1 aromatic heterocycles. The number of likely N-dealkylation sites (N-methyl/N-ethyl adjacent to an activating group) is 1. The highest BCUT2D eigenvalue weighted by molar-refractivity contribution is 9.10. The third-order valence-corrected chi connectivity index (χ3v) is 2.96. The molecule has 1 unspecified atom stereocenters. The number of hydrogen-bond donors (Lipinski definition) is 1. The molecule has 1 aromatic rings. The quantitative estimate of drug-likeness (QED) is 0.824. The SMILES string of the molecule is C=C(C)C(NC)c1cnn(C)c1Br. The standard InChI is InChI=1S/C9H14BrN3/c1-6(2)8(11-3)7-5-12-13(4)9(7)10/h5,8,11H,1H2,2-4H3. The highest BCUT2D eigenvalue weighted by Crippen LogP contribution is 2.26. The van der Waals surface area contributed by atoms with Crippen LogP contribution in [0.4, 0.5) is 0 Å². The molecule has 1 atom stereocenters. The fraction of sp³-hybridized carbons (Fsp3) is 0.444. The molecule has 0 aliphatic heterocycles. The van der Waals surface area contributed by atoms with Crippen molar-refractivity contribution in [2.24, 2.45) is 7.05 Å². The molecule has 1 N–H and O–H groups in total. The normalized spacial score (nSPS) is 12.9. The van der Waals surface area contributed by atoms with E-state index in [1.54, 1.807) is 4.68 Å². The van der Waals surface area contributed by atoms with Crippen molar-refractivity contribution in [1.29, 1.82) is 0 Å². The summed E-state index contributed by atoms with van der Waals surface area (Å²) >= 11 is 3.48. The monoisotopic (exact) mass is 243 g/mol. The van der Waals surface area contributed by atoms with E-state index in [-0.39, 0.29) is 6.04 Å². The van der Waals surface area contributed by atoms with Crippen LogP contribution in [0.5, 0.6) is 0 Å². The van der Waals surface area contributed by atoms with Gasteiger partial charge in [-0.15, -0.1) is 0 Å². The van der Waals surface area contributed by atoms with E-state index in [9.17, 15) is 0 Å². The summed E-state index contributed by atoms with van der Waals surface area (Å²) < 4.78 is 2.79. The summed E-state index contributed by atoms with van der Waals surface area (Å²) in [5.74, 6) is 0. The lowest BCUT2D eigenvalue weighted by atomic mass is 10.1. The van der Waals surface area contributed by atoms with Crippen LogP contribution in [-0.2, 0) is 7.05 Å². The zero-order valence-corrected chi connectivity index (χ0v) is 9.72. The van der Waals surface area contributed by atoms with Gasteiger partial charge >= 0.3 is 0 Å². The Kier molecular flexibility index (Phi) is 3.27. The van der Waals surface area contributed by atoms with Crippen LogP contribution in [0.1, 0.15) is 18.5 Å². The van der Waals surface area contributed by atoms with Crippen molar-refractivity contribution in [3.8, 4) is 0 Å². The number of halogens is 1. The first-order chi connectivity index (χ1) is 6.07. The Labute approximate surface area is 87.0 Å². The van der Waals surface area contributed by atoms with Crippen LogP contribution in [0, 0.1) is 0 Å². The van der Waals surface area contributed by atoms with E-state index in [1.807, 2.05) is 27.2 Å². The lowest BCUT2D eigenvalue weighted by molar-refractivity contribution is 0.672. The van der Waals surface area contributed by atoms with Gasteiger partial charge in [-0.05, 0) is 29.9 Å². The number of aryl methyl sites for hydroxylation is 1. The number of nitrogens with one attached hydrogen (secondary N) is 1. The minimum Gasteiger partial charge on any atom is -0.309 e. The molecule has 0 radical (unpaired) electrons. The van der Waals surface area contributed by atoms with Crippen LogP contribution in [0.15, 0.2) is 23.0 Å². The molecule has 0 bridgehead atoms. The summed E-state index contributed by atoms with van der Waals surface area (Å²) in [5.41, 5.74) is 2.20. The van der Waals surface area contributed by atoms with Crippen molar-refractivity contribution < 1.29 is 0 Å². The number of nitrogens with zero attached hydrogens (tertiary/aromatic N) is 2. The van der Waals surface area contributed by atoms with Gasteiger partial charge in [-0.1, -0.05) is 12.2 Å². The van der Waals surface area contributed by atoms with Gasteiger partial charge in [-0.25, -0.2) is 0 Å². The van der Waals surface area contributed by atoms with Crippen molar-refractivity contribution in [3.63, 3.8) is 0 Å². The van der Waals surface area contributed by atoms with E-state index in [0.29, 0.717) is 0 Å². The van der Waals surface area contributed by atoms with E-state index in [1.165, 1.54) is 0 Å². The molecule has 0 aromatic carbocycles. The average Bonchev–Trinajstić information content (AvgIpc) is 2.37. The van der Waals surface area contributed by atoms with Crippen molar-refractivity contribution in [2.75, 3.05) is 7.05 Å². The van der Waals surface area contributed by atoms with Crippen molar-refractivity contribution in [1.82, 2.24) is 15.1 Å².